The van der Waals surface area contributed by atoms with Crippen LogP contribution in [0.2, 0.25) is 0 Å². The zero-order chi connectivity index (χ0) is 23.5. The summed E-state index contributed by atoms with van der Waals surface area (Å²) in [6.07, 6.45) is 4.73. The average Bonchev–Trinajstić information content (AvgIpc) is 3.36. The van der Waals surface area contributed by atoms with Gasteiger partial charge in [0.05, 0.1) is 17.2 Å². The molecule has 33 heavy (non-hydrogen) atoms. The molecule has 1 atom stereocenters. The predicted molar refractivity (Wildman–Crippen MR) is 140 cm³/mol. The molecule has 170 valence electrons. The van der Waals surface area contributed by atoms with Crippen molar-refractivity contribution < 1.29 is 9.53 Å². The van der Waals surface area contributed by atoms with E-state index >= 15 is 0 Å². The summed E-state index contributed by atoms with van der Waals surface area (Å²) < 4.78 is 8.16. The monoisotopic (exact) mass is 477 g/mol. The topological polar surface area (TPSA) is 47.4 Å². The fourth-order valence-electron chi connectivity index (χ4n) is 3.73. The number of nitrogens with zero attached hydrogens (tertiary/aromatic N) is 3. The fourth-order valence-corrected chi connectivity index (χ4v) is 5.18. The summed E-state index contributed by atoms with van der Waals surface area (Å²) in [5.41, 5.74) is 4.63. The van der Waals surface area contributed by atoms with Gasteiger partial charge in [-0.1, -0.05) is 49.1 Å². The molecule has 0 aliphatic carbocycles. The number of ether oxygens (including phenoxy) is 1. The van der Waals surface area contributed by atoms with Crippen LogP contribution in [0.25, 0.3) is 23.0 Å². The second-order valence-corrected chi connectivity index (χ2v) is 9.61. The SMILES string of the molecule is CCOc1ccc(-c2nn(-c3ccccc3)cc2/C=C2\SC(=S)N([C@@H](C)CC)C2=O)cc1C. The van der Waals surface area contributed by atoms with Crippen molar-refractivity contribution in [1.29, 1.82) is 0 Å². The van der Waals surface area contributed by atoms with Crippen molar-refractivity contribution in [1.82, 2.24) is 14.7 Å². The Bertz CT molecular complexity index is 1220. The Morgan fingerprint density at radius 3 is 2.61 bits per heavy atom. The van der Waals surface area contributed by atoms with Crippen LogP contribution in [0.4, 0.5) is 0 Å². The number of aromatic nitrogens is 2. The van der Waals surface area contributed by atoms with Gasteiger partial charge in [-0.25, -0.2) is 4.68 Å². The van der Waals surface area contributed by atoms with Crippen molar-refractivity contribution in [3.8, 4) is 22.7 Å². The molecule has 1 aromatic heterocycles. The molecular formula is C26H27N3O2S2. The summed E-state index contributed by atoms with van der Waals surface area (Å²) in [4.78, 5) is 15.5. The van der Waals surface area contributed by atoms with Gasteiger partial charge in [0.1, 0.15) is 15.8 Å². The van der Waals surface area contributed by atoms with E-state index in [1.165, 1.54) is 11.8 Å². The zero-order valence-electron chi connectivity index (χ0n) is 19.2. The van der Waals surface area contributed by atoms with Crippen LogP contribution in [0.5, 0.6) is 5.75 Å². The largest absolute Gasteiger partial charge is 0.494 e. The van der Waals surface area contributed by atoms with Crippen LogP contribution >= 0.6 is 24.0 Å². The van der Waals surface area contributed by atoms with Crippen LogP contribution in [0, 0.1) is 6.92 Å². The molecule has 3 aromatic rings. The normalized spacial score (nSPS) is 16.0. The van der Waals surface area contributed by atoms with Gasteiger partial charge in [-0.05, 0) is 69.2 Å². The van der Waals surface area contributed by atoms with E-state index in [0.29, 0.717) is 15.8 Å². The van der Waals surface area contributed by atoms with E-state index < -0.39 is 0 Å². The Morgan fingerprint density at radius 1 is 1.18 bits per heavy atom. The Labute approximate surface area is 204 Å². The van der Waals surface area contributed by atoms with Crippen LogP contribution in [-0.4, -0.2) is 37.6 Å². The number of para-hydroxylation sites is 1. The molecule has 1 saturated heterocycles. The van der Waals surface area contributed by atoms with Crippen molar-refractivity contribution in [2.45, 2.75) is 40.2 Å². The van der Waals surface area contributed by atoms with E-state index in [2.05, 4.69) is 13.0 Å². The number of benzene rings is 2. The maximum absolute atomic E-state index is 13.1. The van der Waals surface area contributed by atoms with Crippen molar-refractivity contribution in [3.05, 3.63) is 70.8 Å². The van der Waals surface area contributed by atoms with Gasteiger partial charge in [-0.3, -0.25) is 9.69 Å². The highest BCUT2D eigenvalue weighted by atomic mass is 32.2. The number of thiocarbonyl (C=S) groups is 1. The average molecular weight is 478 g/mol. The lowest BCUT2D eigenvalue weighted by atomic mass is 10.0. The van der Waals surface area contributed by atoms with Gasteiger partial charge in [-0.2, -0.15) is 5.10 Å². The molecule has 2 aromatic carbocycles. The number of hydrogen-bond donors (Lipinski definition) is 0. The summed E-state index contributed by atoms with van der Waals surface area (Å²) in [5, 5.41) is 4.89. The fraction of sp³-hybridized carbons (Fsp3) is 0.269. The highest BCUT2D eigenvalue weighted by molar-refractivity contribution is 8.26. The summed E-state index contributed by atoms with van der Waals surface area (Å²) >= 11 is 6.86. The predicted octanol–water partition coefficient (Wildman–Crippen LogP) is 6.25. The minimum Gasteiger partial charge on any atom is -0.494 e. The van der Waals surface area contributed by atoms with Crippen molar-refractivity contribution in [3.63, 3.8) is 0 Å². The first-order chi connectivity index (χ1) is 15.9. The van der Waals surface area contributed by atoms with Gasteiger partial charge in [0.15, 0.2) is 0 Å². The van der Waals surface area contributed by atoms with Crippen LogP contribution in [0.15, 0.2) is 59.6 Å². The maximum atomic E-state index is 13.1. The standard InChI is InChI=1S/C26H27N3O2S2/c1-5-18(4)29-25(30)23(33-26(29)32)15-20-16-28(21-10-8-7-9-11-21)27-24(20)19-12-13-22(31-6-2)17(3)14-19/h7-16,18H,5-6H2,1-4H3/b23-15-/t18-/m0/s1. The number of aryl methyl sites for hydroxylation is 1. The smallest absolute Gasteiger partial charge is 0.266 e. The summed E-state index contributed by atoms with van der Waals surface area (Å²) in [5.74, 6) is 0.820. The molecule has 0 radical (unpaired) electrons. The van der Waals surface area contributed by atoms with E-state index in [1.54, 1.807) is 4.90 Å². The minimum absolute atomic E-state index is 0.0411. The first kappa shape index (κ1) is 23.3. The third kappa shape index (κ3) is 4.75. The Morgan fingerprint density at radius 2 is 1.94 bits per heavy atom. The first-order valence-electron chi connectivity index (χ1n) is 11.1. The van der Waals surface area contributed by atoms with Crippen molar-refractivity contribution >= 4 is 40.3 Å². The third-order valence-electron chi connectivity index (χ3n) is 5.65. The lowest BCUT2D eigenvalue weighted by Crippen LogP contribution is -2.36. The molecule has 1 aliphatic heterocycles. The quantitative estimate of drug-likeness (QED) is 0.297. The van der Waals surface area contributed by atoms with Gasteiger partial charge < -0.3 is 4.74 Å². The Balaban J connectivity index is 1.80. The number of thioether (sulfide) groups is 1. The molecule has 2 heterocycles. The van der Waals surface area contributed by atoms with Crippen molar-refractivity contribution in [2.75, 3.05) is 6.61 Å². The number of carbonyl (C=O) groups excluding carboxylic acids is 1. The molecule has 0 unspecified atom stereocenters. The lowest BCUT2D eigenvalue weighted by molar-refractivity contribution is -0.123. The highest BCUT2D eigenvalue weighted by Crippen LogP contribution is 2.37. The van der Waals surface area contributed by atoms with Gasteiger partial charge >= 0.3 is 0 Å². The van der Waals surface area contributed by atoms with Crippen LogP contribution in [0.3, 0.4) is 0 Å². The molecule has 1 aliphatic rings. The zero-order valence-corrected chi connectivity index (χ0v) is 20.9. The number of carbonyl (C=O) groups is 1. The van der Waals surface area contributed by atoms with E-state index in [-0.39, 0.29) is 11.9 Å². The van der Waals surface area contributed by atoms with E-state index in [9.17, 15) is 4.79 Å². The minimum atomic E-state index is -0.0411. The molecule has 0 N–H and O–H groups in total. The molecular weight excluding hydrogens is 450 g/mol. The number of amides is 1. The first-order valence-corrected chi connectivity index (χ1v) is 12.3. The molecule has 0 saturated carbocycles. The second-order valence-electron chi connectivity index (χ2n) is 7.94. The molecule has 4 rings (SSSR count). The van der Waals surface area contributed by atoms with Gasteiger partial charge in [0.2, 0.25) is 0 Å². The molecule has 1 fully saturated rings. The Kier molecular flexibility index (Phi) is 7.00. The van der Waals surface area contributed by atoms with Crippen LogP contribution < -0.4 is 4.74 Å². The van der Waals surface area contributed by atoms with Crippen molar-refractivity contribution in [2.24, 2.45) is 0 Å². The summed E-state index contributed by atoms with van der Waals surface area (Å²) in [6, 6.07) is 16.1. The molecule has 0 spiro atoms. The molecule has 1 amide bonds. The highest BCUT2D eigenvalue weighted by Gasteiger charge is 2.35. The lowest BCUT2D eigenvalue weighted by Gasteiger charge is -2.21. The molecule has 5 nitrogen and oxygen atoms in total. The van der Waals surface area contributed by atoms with E-state index in [0.717, 1.165) is 40.2 Å². The van der Waals surface area contributed by atoms with Gasteiger partial charge in [0, 0.05) is 23.4 Å². The maximum Gasteiger partial charge on any atom is 0.266 e. The van der Waals surface area contributed by atoms with E-state index in [4.69, 9.17) is 22.1 Å². The summed E-state index contributed by atoms with van der Waals surface area (Å²) in [7, 11) is 0. The van der Waals surface area contributed by atoms with Gasteiger partial charge in [-0.15, -0.1) is 0 Å². The molecule has 7 heteroatoms. The second kappa shape index (κ2) is 9.93. The summed E-state index contributed by atoms with van der Waals surface area (Å²) in [6.45, 7) is 8.70. The van der Waals surface area contributed by atoms with E-state index in [1.807, 2.05) is 80.2 Å². The van der Waals surface area contributed by atoms with Gasteiger partial charge in [0.25, 0.3) is 5.91 Å². The van der Waals surface area contributed by atoms with Crippen LogP contribution in [-0.2, 0) is 4.79 Å². The Hall–Kier alpha value is -2.90. The number of rotatable bonds is 7. The third-order valence-corrected chi connectivity index (χ3v) is 6.98. The van der Waals surface area contributed by atoms with Crippen LogP contribution in [0.1, 0.15) is 38.3 Å². The molecule has 0 bridgehead atoms. The number of hydrogen-bond acceptors (Lipinski definition) is 5.